The number of fused-ring (bicyclic) bond motifs is 3. The molecule has 130 valence electrons. The van der Waals surface area contributed by atoms with E-state index in [0.717, 1.165) is 31.5 Å². The molecule has 0 radical (unpaired) electrons. The first-order chi connectivity index (χ1) is 11.6. The molecule has 0 spiro atoms. The third kappa shape index (κ3) is 3.96. The van der Waals surface area contributed by atoms with Crippen LogP contribution in [-0.4, -0.2) is 55.6 Å². The van der Waals surface area contributed by atoms with Gasteiger partial charge in [-0.15, -0.1) is 0 Å². The van der Waals surface area contributed by atoms with E-state index in [0.29, 0.717) is 31.9 Å². The van der Waals surface area contributed by atoms with Crippen LogP contribution in [-0.2, 0) is 16.1 Å². The number of hydrogen-bond acceptors (Lipinski definition) is 4. The average molecular weight is 333 g/mol. The van der Waals surface area contributed by atoms with Crippen molar-refractivity contribution in [3.05, 3.63) is 35.1 Å². The van der Waals surface area contributed by atoms with Crippen LogP contribution in [0.1, 0.15) is 24.0 Å². The van der Waals surface area contributed by atoms with Gasteiger partial charge in [0.1, 0.15) is 11.4 Å². The summed E-state index contributed by atoms with van der Waals surface area (Å²) in [7, 11) is 1.61. The minimum absolute atomic E-state index is 0.200. The first-order valence-electron chi connectivity index (χ1n) is 8.44. The zero-order chi connectivity index (χ0) is 17.0. The Morgan fingerprint density at radius 3 is 2.75 bits per heavy atom. The molecule has 1 atom stereocenters. The summed E-state index contributed by atoms with van der Waals surface area (Å²) in [5, 5.41) is 10.8. The fourth-order valence-corrected chi connectivity index (χ4v) is 3.44. The molecule has 0 amide bonds. The molecule has 0 aliphatic carbocycles. The van der Waals surface area contributed by atoms with Crippen LogP contribution in [0.25, 0.3) is 0 Å². The van der Waals surface area contributed by atoms with Gasteiger partial charge in [-0.25, -0.2) is 4.39 Å². The summed E-state index contributed by atoms with van der Waals surface area (Å²) in [5.41, 5.74) is 0.0708. The fraction of sp³-hybridized carbons (Fsp3) is 0.579. The highest BCUT2D eigenvalue weighted by molar-refractivity contribution is 5.40. The van der Waals surface area contributed by atoms with Crippen molar-refractivity contribution in [2.24, 2.45) is 5.92 Å². The molecule has 1 aromatic rings. The SMILES string of the molecule is COCCOCc1ccc(C#CC2(O)CN3CCC2CC3)c(F)c1. The van der Waals surface area contributed by atoms with Gasteiger partial charge in [0.25, 0.3) is 0 Å². The van der Waals surface area contributed by atoms with Crippen molar-refractivity contribution < 1.29 is 19.0 Å². The van der Waals surface area contributed by atoms with Crippen LogP contribution in [0.5, 0.6) is 0 Å². The molecule has 0 aromatic heterocycles. The molecule has 3 fully saturated rings. The predicted molar refractivity (Wildman–Crippen MR) is 88.9 cm³/mol. The lowest BCUT2D eigenvalue weighted by atomic mass is 9.76. The van der Waals surface area contributed by atoms with Gasteiger partial charge in [-0.2, -0.15) is 0 Å². The summed E-state index contributed by atoms with van der Waals surface area (Å²) in [6, 6.07) is 4.90. The average Bonchev–Trinajstić information content (AvgIpc) is 2.59. The minimum atomic E-state index is -1.01. The number of hydrogen-bond donors (Lipinski definition) is 1. The summed E-state index contributed by atoms with van der Waals surface area (Å²) in [4.78, 5) is 2.23. The Morgan fingerprint density at radius 1 is 1.33 bits per heavy atom. The van der Waals surface area contributed by atoms with E-state index in [1.54, 1.807) is 19.2 Å². The first-order valence-corrected chi connectivity index (χ1v) is 8.44. The van der Waals surface area contributed by atoms with Crippen molar-refractivity contribution in [3.63, 3.8) is 0 Å². The summed E-state index contributed by atoms with van der Waals surface area (Å²) < 4.78 is 24.5. The van der Waals surface area contributed by atoms with Crippen LogP contribution >= 0.6 is 0 Å². The number of ether oxygens (including phenoxy) is 2. The number of halogens is 1. The van der Waals surface area contributed by atoms with E-state index in [-0.39, 0.29) is 11.7 Å². The molecule has 0 saturated carbocycles. The molecular formula is C19H24FNO3. The van der Waals surface area contributed by atoms with Crippen molar-refractivity contribution in [2.45, 2.75) is 25.0 Å². The molecule has 3 heterocycles. The maximum absolute atomic E-state index is 14.2. The second kappa shape index (κ2) is 7.62. The Morgan fingerprint density at radius 2 is 2.12 bits per heavy atom. The van der Waals surface area contributed by atoms with Crippen LogP contribution in [0, 0.1) is 23.6 Å². The molecule has 3 saturated heterocycles. The molecule has 1 N–H and O–H groups in total. The summed E-state index contributed by atoms with van der Waals surface area (Å²) in [6.07, 6.45) is 1.93. The highest BCUT2D eigenvalue weighted by Gasteiger charge is 2.44. The lowest BCUT2D eigenvalue weighted by Gasteiger charge is -2.47. The van der Waals surface area contributed by atoms with E-state index in [1.165, 1.54) is 6.07 Å². The Balaban J connectivity index is 1.66. The van der Waals surface area contributed by atoms with Gasteiger partial charge in [-0.3, -0.25) is 4.90 Å². The van der Waals surface area contributed by atoms with Gasteiger partial charge in [-0.1, -0.05) is 17.9 Å². The van der Waals surface area contributed by atoms with Gasteiger partial charge < -0.3 is 14.6 Å². The molecule has 4 nitrogen and oxygen atoms in total. The molecule has 1 unspecified atom stereocenters. The van der Waals surface area contributed by atoms with E-state index in [9.17, 15) is 9.50 Å². The number of methoxy groups -OCH3 is 1. The Labute approximate surface area is 142 Å². The van der Waals surface area contributed by atoms with Gasteiger partial charge in [0, 0.05) is 19.6 Å². The van der Waals surface area contributed by atoms with E-state index >= 15 is 0 Å². The van der Waals surface area contributed by atoms with Crippen molar-refractivity contribution in [1.29, 1.82) is 0 Å². The second-order valence-electron chi connectivity index (χ2n) is 6.58. The monoisotopic (exact) mass is 333 g/mol. The normalized spacial score (nSPS) is 28.5. The topological polar surface area (TPSA) is 41.9 Å². The fourth-order valence-electron chi connectivity index (χ4n) is 3.44. The number of nitrogens with zero attached hydrogens (tertiary/aromatic N) is 1. The minimum Gasteiger partial charge on any atom is -0.382 e. The number of piperidine rings is 3. The van der Waals surface area contributed by atoms with Gasteiger partial charge >= 0.3 is 0 Å². The van der Waals surface area contributed by atoms with Gasteiger partial charge in [0.2, 0.25) is 0 Å². The molecule has 2 bridgehead atoms. The molecule has 1 aromatic carbocycles. The van der Waals surface area contributed by atoms with Crippen molar-refractivity contribution in [3.8, 4) is 11.8 Å². The van der Waals surface area contributed by atoms with Crippen LogP contribution < -0.4 is 0 Å². The maximum atomic E-state index is 14.2. The molecule has 5 heteroatoms. The molecule has 3 aliphatic rings. The number of rotatable bonds is 5. The lowest BCUT2D eigenvalue weighted by molar-refractivity contribution is -0.0713. The first kappa shape index (κ1) is 17.4. The predicted octanol–water partition coefficient (Wildman–Crippen LogP) is 1.80. The van der Waals surface area contributed by atoms with Crippen LogP contribution in [0.3, 0.4) is 0 Å². The second-order valence-corrected chi connectivity index (χ2v) is 6.58. The quantitative estimate of drug-likeness (QED) is 0.659. The van der Waals surface area contributed by atoms with Crippen LogP contribution in [0.4, 0.5) is 4.39 Å². The third-order valence-corrected chi connectivity index (χ3v) is 4.88. The Bertz CT molecular complexity index is 631. The van der Waals surface area contributed by atoms with E-state index in [1.807, 2.05) is 0 Å². The third-order valence-electron chi connectivity index (χ3n) is 4.88. The highest BCUT2D eigenvalue weighted by Crippen LogP contribution is 2.35. The number of aliphatic hydroxyl groups is 1. The van der Waals surface area contributed by atoms with Crippen LogP contribution in [0.15, 0.2) is 18.2 Å². The zero-order valence-electron chi connectivity index (χ0n) is 14.1. The summed E-state index contributed by atoms with van der Waals surface area (Å²) in [6.45, 7) is 3.96. The Kier molecular flexibility index (Phi) is 5.52. The van der Waals surface area contributed by atoms with Gasteiger partial charge in [0.15, 0.2) is 0 Å². The molecule has 4 rings (SSSR count). The summed E-state index contributed by atoms with van der Waals surface area (Å²) >= 11 is 0. The van der Waals surface area contributed by atoms with E-state index in [2.05, 4.69) is 16.7 Å². The van der Waals surface area contributed by atoms with E-state index < -0.39 is 5.60 Å². The smallest absolute Gasteiger partial charge is 0.141 e. The molecule has 24 heavy (non-hydrogen) atoms. The number of benzene rings is 1. The maximum Gasteiger partial charge on any atom is 0.141 e. The molecule has 3 aliphatic heterocycles. The van der Waals surface area contributed by atoms with Gasteiger partial charge in [0.05, 0.1) is 25.4 Å². The standard InChI is InChI=1S/C19H24FNO3/c1-23-10-11-24-13-15-2-3-16(18(20)12-15)4-7-19(22)14-21-8-5-17(19)6-9-21/h2-3,12,17,22H,5-6,8-11,13-14H2,1H3. The van der Waals surface area contributed by atoms with Crippen LogP contribution in [0.2, 0.25) is 0 Å². The Hall–Kier alpha value is -1.45. The van der Waals surface area contributed by atoms with Crippen molar-refractivity contribution in [2.75, 3.05) is 40.0 Å². The summed E-state index contributed by atoms with van der Waals surface area (Å²) in [5.74, 6) is 5.62. The molecular weight excluding hydrogens is 309 g/mol. The highest BCUT2D eigenvalue weighted by atomic mass is 19.1. The van der Waals surface area contributed by atoms with Crippen molar-refractivity contribution >= 4 is 0 Å². The largest absolute Gasteiger partial charge is 0.382 e. The van der Waals surface area contributed by atoms with Crippen molar-refractivity contribution in [1.82, 2.24) is 4.90 Å². The zero-order valence-corrected chi connectivity index (χ0v) is 14.1. The lowest BCUT2D eigenvalue weighted by Crippen LogP contribution is -2.58. The van der Waals surface area contributed by atoms with E-state index in [4.69, 9.17) is 9.47 Å². The van der Waals surface area contributed by atoms with Gasteiger partial charge in [-0.05, 0) is 43.6 Å².